The smallest absolute Gasteiger partial charge is 0.0766 e. The van der Waals surface area contributed by atoms with Crippen molar-refractivity contribution in [2.75, 3.05) is 6.54 Å². The van der Waals surface area contributed by atoms with Crippen molar-refractivity contribution in [2.24, 2.45) is 5.92 Å². The van der Waals surface area contributed by atoms with Crippen LogP contribution in [0.4, 0.5) is 0 Å². The molecule has 0 aromatic heterocycles. The maximum Gasteiger partial charge on any atom is 0.0766 e. The molecule has 0 spiro atoms. The lowest BCUT2D eigenvalue weighted by atomic mass is 9.82. The molecule has 1 saturated carbocycles. The minimum Gasteiger partial charge on any atom is -0.389 e. The molecule has 96 valence electrons. The van der Waals surface area contributed by atoms with E-state index in [1.54, 1.807) is 0 Å². The maximum atomic E-state index is 10.3. The van der Waals surface area contributed by atoms with Gasteiger partial charge < -0.3 is 10.4 Å². The third-order valence-corrected chi connectivity index (χ3v) is 4.44. The van der Waals surface area contributed by atoms with Gasteiger partial charge in [-0.05, 0) is 31.6 Å². The van der Waals surface area contributed by atoms with Gasteiger partial charge in [-0.2, -0.15) is 0 Å². The number of hydrogen-bond acceptors (Lipinski definition) is 2. The third kappa shape index (κ3) is 3.74. The molecule has 0 saturated heterocycles. The zero-order chi connectivity index (χ0) is 12.0. The number of hydrogen-bond donors (Lipinski definition) is 2. The van der Waals surface area contributed by atoms with Gasteiger partial charge in [-0.3, -0.25) is 0 Å². The SMILES string of the molecule is CCC1CCCCC1NCC(O)(CC)CC. The van der Waals surface area contributed by atoms with Crippen LogP contribution in [0.15, 0.2) is 0 Å². The summed E-state index contributed by atoms with van der Waals surface area (Å²) in [5, 5.41) is 13.9. The van der Waals surface area contributed by atoms with Gasteiger partial charge in [-0.15, -0.1) is 0 Å². The molecular weight excluding hydrogens is 198 g/mol. The maximum absolute atomic E-state index is 10.3. The van der Waals surface area contributed by atoms with Crippen LogP contribution in [0.5, 0.6) is 0 Å². The van der Waals surface area contributed by atoms with E-state index < -0.39 is 5.60 Å². The predicted molar refractivity (Wildman–Crippen MR) is 69.6 cm³/mol. The van der Waals surface area contributed by atoms with E-state index in [1.165, 1.54) is 32.1 Å². The lowest BCUT2D eigenvalue weighted by Crippen LogP contribution is -2.47. The standard InChI is InChI=1S/C14H29NO/c1-4-12-9-7-8-10-13(12)15-11-14(16,5-2)6-3/h12-13,15-16H,4-11H2,1-3H3. The lowest BCUT2D eigenvalue weighted by Gasteiger charge is -2.35. The molecular formula is C14H29NO. The second-order valence-corrected chi connectivity index (χ2v) is 5.37. The zero-order valence-electron chi connectivity index (χ0n) is 11.3. The van der Waals surface area contributed by atoms with Crippen LogP contribution in [-0.4, -0.2) is 23.3 Å². The first kappa shape index (κ1) is 14.0. The molecule has 2 nitrogen and oxygen atoms in total. The monoisotopic (exact) mass is 227 g/mol. The van der Waals surface area contributed by atoms with Gasteiger partial charge in [0.05, 0.1) is 5.60 Å². The molecule has 1 aliphatic rings. The summed E-state index contributed by atoms with van der Waals surface area (Å²) >= 11 is 0. The van der Waals surface area contributed by atoms with E-state index in [2.05, 4.69) is 26.1 Å². The Balaban J connectivity index is 2.40. The summed E-state index contributed by atoms with van der Waals surface area (Å²) < 4.78 is 0. The van der Waals surface area contributed by atoms with Crippen LogP contribution in [0.3, 0.4) is 0 Å². The van der Waals surface area contributed by atoms with Gasteiger partial charge in [0.15, 0.2) is 0 Å². The number of nitrogens with one attached hydrogen (secondary N) is 1. The highest BCUT2D eigenvalue weighted by Crippen LogP contribution is 2.27. The Kier molecular flexibility index (Phi) is 5.77. The molecule has 0 amide bonds. The minimum atomic E-state index is -0.490. The highest BCUT2D eigenvalue weighted by molar-refractivity contribution is 4.85. The van der Waals surface area contributed by atoms with Gasteiger partial charge in [0.1, 0.15) is 0 Å². The Labute approximate surface area is 101 Å². The summed E-state index contributed by atoms with van der Waals surface area (Å²) in [7, 11) is 0. The molecule has 0 aromatic carbocycles. The fourth-order valence-corrected chi connectivity index (χ4v) is 2.79. The van der Waals surface area contributed by atoms with Gasteiger partial charge in [0.2, 0.25) is 0 Å². The number of aliphatic hydroxyl groups is 1. The van der Waals surface area contributed by atoms with E-state index in [4.69, 9.17) is 0 Å². The van der Waals surface area contributed by atoms with Gasteiger partial charge in [0, 0.05) is 12.6 Å². The summed E-state index contributed by atoms with van der Waals surface area (Å²) in [5.74, 6) is 0.826. The summed E-state index contributed by atoms with van der Waals surface area (Å²) in [5.41, 5.74) is -0.490. The largest absolute Gasteiger partial charge is 0.389 e. The molecule has 1 fully saturated rings. The van der Waals surface area contributed by atoms with Crippen molar-refractivity contribution in [1.82, 2.24) is 5.32 Å². The Morgan fingerprint density at radius 1 is 1.12 bits per heavy atom. The summed E-state index contributed by atoms with van der Waals surface area (Å²) in [4.78, 5) is 0. The summed E-state index contributed by atoms with van der Waals surface area (Å²) in [6, 6.07) is 0.642. The first-order chi connectivity index (χ1) is 7.65. The summed E-state index contributed by atoms with van der Waals surface area (Å²) in [6.07, 6.45) is 8.37. The normalized spacial score (nSPS) is 27.0. The highest BCUT2D eigenvalue weighted by atomic mass is 16.3. The van der Waals surface area contributed by atoms with Crippen molar-refractivity contribution in [3.05, 3.63) is 0 Å². The van der Waals surface area contributed by atoms with E-state index in [1.807, 2.05) is 0 Å². The van der Waals surface area contributed by atoms with Crippen molar-refractivity contribution in [3.63, 3.8) is 0 Å². The topological polar surface area (TPSA) is 32.3 Å². The second kappa shape index (κ2) is 6.61. The fourth-order valence-electron chi connectivity index (χ4n) is 2.79. The Morgan fingerprint density at radius 2 is 1.75 bits per heavy atom. The van der Waals surface area contributed by atoms with Crippen LogP contribution >= 0.6 is 0 Å². The minimum absolute atomic E-state index is 0.490. The molecule has 2 unspecified atom stereocenters. The quantitative estimate of drug-likeness (QED) is 0.731. The molecule has 2 atom stereocenters. The molecule has 0 radical (unpaired) electrons. The Bertz CT molecular complexity index is 189. The molecule has 0 bridgehead atoms. The average molecular weight is 227 g/mol. The fraction of sp³-hybridized carbons (Fsp3) is 1.00. The van der Waals surface area contributed by atoms with E-state index in [9.17, 15) is 5.11 Å². The van der Waals surface area contributed by atoms with Crippen molar-refractivity contribution in [1.29, 1.82) is 0 Å². The molecule has 2 heteroatoms. The molecule has 0 aliphatic heterocycles. The van der Waals surface area contributed by atoms with Crippen LogP contribution in [0.1, 0.15) is 65.7 Å². The highest BCUT2D eigenvalue weighted by Gasteiger charge is 2.27. The third-order valence-electron chi connectivity index (χ3n) is 4.44. The van der Waals surface area contributed by atoms with Crippen LogP contribution in [0.2, 0.25) is 0 Å². The first-order valence-corrected chi connectivity index (χ1v) is 7.11. The van der Waals surface area contributed by atoms with E-state index in [-0.39, 0.29) is 0 Å². The molecule has 0 heterocycles. The average Bonchev–Trinajstić information content (AvgIpc) is 2.36. The first-order valence-electron chi connectivity index (χ1n) is 7.11. The molecule has 0 aromatic rings. The van der Waals surface area contributed by atoms with Crippen molar-refractivity contribution < 1.29 is 5.11 Å². The van der Waals surface area contributed by atoms with Crippen LogP contribution in [0.25, 0.3) is 0 Å². The molecule has 2 N–H and O–H groups in total. The zero-order valence-corrected chi connectivity index (χ0v) is 11.3. The van der Waals surface area contributed by atoms with E-state index in [0.717, 1.165) is 25.3 Å². The molecule has 1 rings (SSSR count). The lowest BCUT2D eigenvalue weighted by molar-refractivity contribution is 0.0259. The van der Waals surface area contributed by atoms with Crippen molar-refractivity contribution in [2.45, 2.75) is 77.4 Å². The van der Waals surface area contributed by atoms with Gasteiger partial charge in [-0.1, -0.05) is 40.0 Å². The predicted octanol–water partition coefficient (Wildman–Crippen LogP) is 3.10. The van der Waals surface area contributed by atoms with Crippen LogP contribution < -0.4 is 5.32 Å². The Hall–Kier alpha value is -0.0800. The van der Waals surface area contributed by atoms with Crippen molar-refractivity contribution >= 4 is 0 Å². The van der Waals surface area contributed by atoms with E-state index in [0.29, 0.717) is 6.04 Å². The number of rotatable bonds is 6. The molecule has 1 aliphatic carbocycles. The second-order valence-electron chi connectivity index (χ2n) is 5.37. The van der Waals surface area contributed by atoms with Gasteiger partial charge in [-0.25, -0.2) is 0 Å². The Morgan fingerprint density at radius 3 is 2.31 bits per heavy atom. The van der Waals surface area contributed by atoms with E-state index >= 15 is 0 Å². The van der Waals surface area contributed by atoms with Gasteiger partial charge in [0.25, 0.3) is 0 Å². The summed E-state index contributed by atoms with van der Waals surface area (Å²) in [6.45, 7) is 7.20. The van der Waals surface area contributed by atoms with Gasteiger partial charge >= 0.3 is 0 Å². The van der Waals surface area contributed by atoms with Crippen molar-refractivity contribution in [3.8, 4) is 0 Å². The molecule has 16 heavy (non-hydrogen) atoms. The van der Waals surface area contributed by atoms with Crippen LogP contribution in [0, 0.1) is 5.92 Å². The van der Waals surface area contributed by atoms with Crippen LogP contribution in [-0.2, 0) is 0 Å².